The van der Waals surface area contributed by atoms with E-state index in [0.717, 1.165) is 19.1 Å². The SMILES string of the molecule is CCn1cc(CN2CC3CCCN3C[C@H]2C)c(C)n1. The maximum atomic E-state index is 4.57. The number of fused-ring (bicyclic) bond motifs is 1. The van der Waals surface area contributed by atoms with Crippen molar-refractivity contribution in [2.24, 2.45) is 0 Å². The number of aryl methyl sites for hydroxylation is 2. The Morgan fingerprint density at radius 1 is 1.37 bits per heavy atom. The van der Waals surface area contributed by atoms with Gasteiger partial charge < -0.3 is 0 Å². The zero-order valence-electron chi connectivity index (χ0n) is 12.5. The van der Waals surface area contributed by atoms with Crippen molar-refractivity contribution in [3.05, 3.63) is 17.5 Å². The van der Waals surface area contributed by atoms with Crippen molar-refractivity contribution in [2.75, 3.05) is 19.6 Å². The van der Waals surface area contributed by atoms with Gasteiger partial charge in [0.1, 0.15) is 0 Å². The monoisotopic (exact) mass is 262 g/mol. The second kappa shape index (κ2) is 5.25. The molecular weight excluding hydrogens is 236 g/mol. The number of piperazine rings is 1. The van der Waals surface area contributed by atoms with E-state index in [1.54, 1.807) is 0 Å². The zero-order chi connectivity index (χ0) is 13.4. The molecule has 0 amide bonds. The van der Waals surface area contributed by atoms with E-state index in [0.29, 0.717) is 6.04 Å². The molecule has 1 aromatic rings. The van der Waals surface area contributed by atoms with Crippen molar-refractivity contribution in [1.82, 2.24) is 19.6 Å². The molecule has 106 valence electrons. The Bertz CT molecular complexity index is 439. The molecule has 3 heterocycles. The highest BCUT2D eigenvalue weighted by molar-refractivity contribution is 5.15. The van der Waals surface area contributed by atoms with Gasteiger partial charge in [-0.3, -0.25) is 14.5 Å². The summed E-state index contributed by atoms with van der Waals surface area (Å²) in [5.41, 5.74) is 2.60. The van der Waals surface area contributed by atoms with E-state index in [1.165, 1.54) is 43.7 Å². The fourth-order valence-corrected chi connectivity index (χ4v) is 3.56. The minimum atomic E-state index is 0.665. The van der Waals surface area contributed by atoms with Crippen LogP contribution in [0.1, 0.15) is 37.9 Å². The summed E-state index contributed by atoms with van der Waals surface area (Å²) in [6.07, 6.45) is 5.00. The van der Waals surface area contributed by atoms with Gasteiger partial charge in [0.15, 0.2) is 0 Å². The van der Waals surface area contributed by atoms with E-state index in [4.69, 9.17) is 0 Å². The minimum Gasteiger partial charge on any atom is -0.298 e. The average Bonchev–Trinajstić information content (AvgIpc) is 2.97. The number of hydrogen-bond donors (Lipinski definition) is 0. The molecule has 0 radical (unpaired) electrons. The van der Waals surface area contributed by atoms with Gasteiger partial charge in [0.25, 0.3) is 0 Å². The van der Waals surface area contributed by atoms with E-state index >= 15 is 0 Å². The molecule has 2 saturated heterocycles. The topological polar surface area (TPSA) is 24.3 Å². The molecular formula is C15H26N4. The molecule has 4 nitrogen and oxygen atoms in total. The highest BCUT2D eigenvalue weighted by atomic mass is 15.3. The van der Waals surface area contributed by atoms with Gasteiger partial charge in [0, 0.05) is 50.0 Å². The summed E-state index contributed by atoms with van der Waals surface area (Å²) in [7, 11) is 0. The average molecular weight is 262 g/mol. The lowest BCUT2D eigenvalue weighted by atomic mass is 10.1. The minimum absolute atomic E-state index is 0.665. The largest absolute Gasteiger partial charge is 0.298 e. The van der Waals surface area contributed by atoms with E-state index < -0.39 is 0 Å². The third kappa shape index (κ3) is 2.56. The van der Waals surface area contributed by atoms with Gasteiger partial charge in [-0.2, -0.15) is 5.10 Å². The van der Waals surface area contributed by atoms with E-state index in [-0.39, 0.29) is 0 Å². The van der Waals surface area contributed by atoms with Crippen LogP contribution in [-0.2, 0) is 13.1 Å². The molecule has 0 bridgehead atoms. The quantitative estimate of drug-likeness (QED) is 0.831. The molecule has 0 saturated carbocycles. The van der Waals surface area contributed by atoms with E-state index in [9.17, 15) is 0 Å². The molecule has 0 aromatic carbocycles. The molecule has 19 heavy (non-hydrogen) atoms. The first-order valence-electron chi connectivity index (χ1n) is 7.68. The maximum absolute atomic E-state index is 4.57. The van der Waals surface area contributed by atoms with Crippen molar-refractivity contribution in [3.63, 3.8) is 0 Å². The van der Waals surface area contributed by atoms with Crippen LogP contribution in [0.3, 0.4) is 0 Å². The standard InChI is InChI=1S/C15H26N4/c1-4-19-10-14(13(3)16-19)9-18-11-15-6-5-7-17(15)8-12(18)2/h10,12,15H,4-9,11H2,1-3H3/t12-,15?/m1/s1. The van der Waals surface area contributed by atoms with Crippen molar-refractivity contribution >= 4 is 0 Å². The summed E-state index contributed by atoms with van der Waals surface area (Å²) >= 11 is 0. The second-order valence-electron chi connectivity index (χ2n) is 6.16. The van der Waals surface area contributed by atoms with Gasteiger partial charge in [0.05, 0.1) is 5.69 Å². The Morgan fingerprint density at radius 3 is 2.95 bits per heavy atom. The molecule has 1 unspecified atom stereocenters. The van der Waals surface area contributed by atoms with Crippen LogP contribution >= 0.6 is 0 Å². The smallest absolute Gasteiger partial charge is 0.0638 e. The van der Waals surface area contributed by atoms with Crippen LogP contribution < -0.4 is 0 Å². The van der Waals surface area contributed by atoms with Crippen molar-refractivity contribution in [3.8, 4) is 0 Å². The van der Waals surface area contributed by atoms with Crippen LogP contribution in [0.2, 0.25) is 0 Å². The van der Waals surface area contributed by atoms with Gasteiger partial charge in [-0.15, -0.1) is 0 Å². The molecule has 2 aliphatic rings. The highest BCUT2D eigenvalue weighted by Gasteiger charge is 2.34. The lowest BCUT2D eigenvalue weighted by molar-refractivity contribution is 0.0539. The zero-order valence-corrected chi connectivity index (χ0v) is 12.5. The molecule has 0 aliphatic carbocycles. The van der Waals surface area contributed by atoms with Crippen LogP contribution in [0.25, 0.3) is 0 Å². The Hall–Kier alpha value is -0.870. The maximum Gasteiger partial charge on any atom is 0.0638 e. The molecule has 3 rings (SSSR count). The van der Waals surface area contributed by atoms with Gasteiger partial charge in [-0.1, -0.05) is 0 Å². The second-order valence-corrected chi connectivity index (χ2v) is 6.16. The lowest BCUT2D eigenvalue weighted by Gasteiger charge is -2.42. The van der Waals surface area contributed by atoms with Gasteiger partial charge in [-0.05, 0) is 40.2 Å². The summed E-state index contributed by atoms with van der Waals surface area (Å²) in [5, 5.41) is 4.57. The summed E-state index contributed by atoms with van der Waals surface area (Å²) in [6, 6.07) is 1.47. The number of rotatable bonds is 3. The molecule has 2 atom stereocenters. The number of nitrogens with zero attached hydrogens (tertiary/aromatic N) is 4. The fraction of sp³-hybridized carbons (Fsp3) is 0.800. The van der Waals surface area contributed by atoms with Crippen LogP contribution in [0.15, 0.2) is 6.20 Å². The molecule has 4 heteroatoms. The van der Waals surface area contributed by atoms with E-state index in [2.05, 4.69) is 46.5 Å². The molecule has 0 spiro atoms. The van der Waals surface area contributed by atoms with Gasteiger partial charge >= 0.3 is 0 Å². The third-order valence-corrected chi connectivity index (χ3v) is 4.81. The predicted molar refractivity (Wildman–Crippen MR) is 77.1 cm³/mol. The van der Waals surface area contributed by atoms with Crippen molar-refractivity contribution in [1.29, 1.82) is 0 Å². The first-order chi connectivity index (χ1) is 9.17. The third-order valence-electron chi connectivity index (χ3n) is 4.81. The van der Waals surface area contributed by atoms with E-state index in [1.807, 2.05) is 0 Å². The Balaban J connectivity index is 1.69. The van der Waals surface area contributed by atoms with Crippen LogP contribution in [0, 0.1) is 6.92 Å². The number of hydrogen-bond acceptors (Lipinski definition) is 3. The lowest BCUT2D eigenvalue weighted by Crippen LogP contribution is -2.54. The van der Waals surface area contributed by atoms with Crippen molar-refractivity contribution < 1.29 is 0 Å². The molecule has 2 aliphatic heterocycles. The Labute approximate surface area is 116 Å². The summed E-state index contributed by atoms with van der Waals surface area (Å²) in [6.45, 7) is 12.5. The summed E-state index contributed by atoms with van der Waals surface area (Å²) < 4.78 is 2.06. The van der Waals surface area contributed by atoms with Gasteiger partial charge in [-0.25, -0.2) is 0 Å². The number of aromatic nitrogens is 2. The van der Waals surface area contributed by atoms with Crippen LogP contribution in [0.4, 0.5) is 0 Å². The summed E-state index contributed by atoms with van der Waals surface area (Å²) in [4.78, 5) is 5.33. The van der Waals surface area contributed by atoms with Crippen LogP contribution in [0.5, 0.6) is 0 Å². The normalized spacial score (nSPS) is 28.8. The van der Waals surface area contributed by atoms with Crippen molar-refractivity contribution in [2.45, 2.75) is 58.8 Å². The fourth-order valence-electron chi connectivity index (χ4n) is 3.56. The Morgan fingerprint density at radius 2 is 2.21 bits per heavy atom. The van der Waals surface area contributed by atoms with Gasteiger partial charge in [0.2, 0.25) is 0 Å². The molecule has 0 N–H and O–H groups in total. The highest BCUT2D eigenvalue weighted by Crippen LogP contribution is 2.26. The molecule has 2 fully saturated rings. The predicted octanol–water partition coefficient (Wildman–Crippen LogP) is 1.88. The first-order valence-corrected chi connectivity index (χ1v) is 7.68. The van der Waals surface area contributed by atoms with Crippen LogP contribution in [-0.4, -0.2) is 51.3 Å². The Kier molecular flexibility index (Phi) is 3.63. The first kappa shape index (κ1) is 13.1. The molecule has 1 aromatic heterocycles. The summed E-state index contributed by atoms with van der Waals surface area (Å²) in [5.74, 6) is 0.